The maximum atomic E-state index is 3.95. The van der Waals surface area contributed by atoms with E-state index in [1.165, 1.54) is 12.8 Å². The van der Waals surface area contributed by atoms with Gasteiger partial charge in [-0.1, -0.05) is 20.8 Å². The third-order valence-electron chi connectivity index (χ3n) is 1.81. The lowest BCUT2D eigenvalue weighted by atomic mass is 10.1. The fraction of sp³-hybridized carbons (Fsp3) is 0.889. The first kappa shape index (κ1) is 9.67. The van der Waals surface area contributed by atoms with Crippen molar-refractivity contribution in [2.24, 2.45) is 5.92 Å². The van der Waals surface area contributed by atoms with Gasteiger partial charge in [-0.3, -0.25) is 0 Å². The van der Waals surface area contributed by atoms with Gasteiger partial charge in [0.2, 0.25) is 0 Å². The van der Waals surface area contributed by atoms with Crippen LogP contribution in [0.25, 0.3) is 0 Å². The molecule has 0 aliphatic heterocycles. The Hall–Kier alpha value is -0.330. The Labute approximate surface area is 64.8 Å². The Morgan fingerprint density at radius 3 is 2.40 bits per heavy atom. The molecular formula is C9H20N+. The second-order valence-corrected chi connectivity index (χ2v) is 3.09. The predicted octanol–water partition coefficient (Wildman–Crippen LogP) is 2.16. The second-order valence-electron chi connectivity index (χ2n) is 3.09. The van der Waals surface area contributed by atoms with E-state index in [0.717, 1.165) is 19.0 Å². The fourth-order valence-corrected chi connectivity index (χ4v) is 0.977. The van der Waals surface area contributed by atoms with Gasteiger partial charge in [0, 0.05) is 12.3 Å². The molecule has 0 aromatic rings. The first-order chi connectivity index (χ1) is 4.70. The lowest BCUT2D eigenvalue weighted by molar-refractivity contribution is -0.526. The van der Waals surface area contributed by atoms with Crippen molar-refractivity contribution >= 4 is 6.72 Å². The number of rotatable bonds is 5. The van der Waals surface area contributed by atoms with Gasteiger partial charge < -0.3 is 0 Å². The average molecular weight is 142 g/mol. The normalized spacial score (nSPS) is 13.1. The van der Waals surface area contributed by atoms with Crippen molar-refractivity contribution in [1.29, 1.82) is 0 Å². The van der Waals surface area contributed by atoms with Gasteiger partial charge in [0.15, 0.2) is 0 Å². The van der Waals surface area contributed by atoms with Crippen LogP contribution in [-0.2, 0) is 0 Å². The third-order valence-corrected chi connectivity index (χ3v) is 1.81. The van der Waals surface area contributed by atoms with Crippen molar-refractivity contribution in [3.8, 4) is 0 Å². The smallest absolute Gasteiger partial charge is 0.144 e. The standard InChI is InChI=1S/C9H20N/c1-5-7-10(4)8-9(3)6-2/h9H,4-8H2,1-3H3/q+1/t9-/m0/s1. The third kappa shape index (κ3) is 4.54. The molecule has 60 valence electrons. The van der Waals surface area contributed by atoms with Gasteiger partial charge >= 0.3 is 0 Å². The van der Waals surface area contributed by atoms with Crippen LogP contribution >= 0.6 is 0 Å². The van der Waals surface area contributed by atoms with E-state index >= 15 is 0 Å². The van der Waals surface area contributed by atoms with Crippen LogP contribution < -0.4 is 0 Å². The van der Waals surface area contributed by atoms with E-state index in [1.807, 2.05) is 0 Å². The highest BCUT2D eigenvalue weighted by Gasteiger charge is 2.04. The van der Waals surface area contributed by atoms with Crippen LogP contribution in [0.3, 0.4) is 0 Å². The first-order valence-electron chi connectivity index (χ1n) is 4.26. The molecule has 0 spiro atoms. The molecule has 0 N–H and O–H groups in total. The second kappa shape index (κ2) is 5.45. The van der Waals surface area contributed by atoms with Gasteiger partial charge in [0.1, 0.15) is 19.8 Å². The SMILES string of the molecule is C=[N+](CCC)C[C@@H](C)CC. The summed E-state index contributed by atoms with van der Waals surface area (Å²) in [5.41, 5.74) is 0. The molecule has 0 aromatic heterocycles. The molecule has 0 amide bonds. The molecule has 1 atom stereocenters. The Kier molecular flexibility index (Phi) is 5.27. The van der Waals surface area contributed by atoms with Crippen molar-refractivity contribution in [3.63, 3.8) is 0 Å². The van der Waals surface area contributed by atoms with E-state index in [0.29, 0.717) is 0 Å². The molecule has 0 aromatic carbocycles. The van der Waals surface area contributed by atoms with Crippen molar-refractivity contribution in [2.45, 2.75) is 33.6 Å². The molecule has 0 fully saturated rings. The maximum absolute atomic E-state index is 3.95. The molecule has 0 saturated heterocycles. The predicted molar refractivity (Wildman–Crippen MR) is 46.9 cm³/mol. The lowest BCUT2D eigenvalue weighted by Gasteiger charge is -2.05. The topological polar surface area (TPSA) is 3.01 Å². The van der Waals surface area contributed by atoms with Crippen LogP contribution in [0.15, 0.2) is 0 Å². The minimum atomic E-state index is 0.795. The molecule has 0 bridgehead atoms. The van der Waals surface area contributed by atoms with Crippen molar-refractivity contribution in [2.75, 3.05) is 13.1 Å². The van der Waals surface area contributed by atoms with E-state index in [2.05, 4.69) is 32.1 Å². The zero-order valence-electron chi connectivity index (χ0n) is 7.56. The molecule has 1 heteroatoms. The van der Waals surface area contributed by atoms with Gasteiger partial charge in [-0.25, -0.2) is 4.58 Å². The van der Waals surface area contributed by atoms with E-state index < -0.39 is 0 Å². The summed E-state index contributed by atoms with van der Waals surface area (Å²) < 4.78 is 2.16. The summed E-state index contributed by atoms with van der Waals surface area (Å²) in [5.74, 6) is 0.795. The summed E-state index contributed by atoms with van der Waals surface area (Å²) >= 11 is 0. The van der Waals surface area contributed by atoms with Crippen LogP contribution in [0.2, 0.25) is 0 Å². The Morgan fingerprint density at radius 1 is 1.40 bits per heavy atom. The monoisotopic (exact) mass is 142 g/mol. The molecule has 0 aliphatic rings. The number of hydrogen-bond donors (Lipinski definition) is 0. The molecule has 0 saturated carbocycles. The Bertz CT molecular complexity index is 96.9. The molecular weight excluding hydrogens is 122 g/mol. The summed E-state index contributed by atoms with van der Waals surface area (Å²) in [6.07, 6.45) is 2.47. The summed E-state index contributed by atoms with van der Waals surface area (Å²) in [4.78, 5) is 0. The molecule has 0 heterocycles. The molecule has 1 nitrogen and oxygen atoms in total. The highest BCUT2D eigenvalue weighted by Crippen LogP contribution is 1.99. The van der Waals surface area contributed by atoms with E-state index in [9.17, 15) is 0 Å². The van der Waals surface area contributed by atoms with Gasteiger partial charge in [0.05, 0.1) is 0 Å². The zero-order valence-corrected chi connectivity index (χ0v) is 7.56. The van der Waals surface area contributed by atoms with Crippen LogP contribution in [-0.4, -0.2) is 24.4 Å². The minimum Gasteiger partial charge on any atom is -0.242 e. The highest BCUT2D eigenvalue weighted by atomic mass is 15.0. The summed E-state index contributed by atoms with van der Waals surface area (Å²) in [6.45, 7) is 12.9. The van der Waals surface area contributed by atoms with Crippen molar-refractivity contribution in [1.82, 2.24) is 0 Å². The van der Waals surface area contributed by atoms with E-state index in [4.69, 9.17) is 0 Å². The molecule has 0 radical (unpaired) electrons. The Balaban J connectivity index is 3.37. The molecule has 0 unspecified atom stereocenters. The van der Waals surface area contributed by atoms with Crippen molar-refractivity contribution < 1.29 is 4.58 Å². The summed E-state index contributed by atoms with van der Waals surface area (Å²) in [7, 11) is 0. The van der Waals surface area contributed by atoms with Gasteiger partial charge in [0.25, 0.3) is 0 Å². The average Bonchev–Trinajstić information content (AvgIpc) is 1.88. The quantitative estimate of drug-likeness (QED) is 0.409. The largest absolute Gasteiger partial charge is 0.242 e. The fourth-order valence-electron chi connectivity index (χ4n) is 0.977. The lowest BCUT2D eigenvalue weighted by Crippen LogP contribution is -2.17. The Morgan fingerprint density at radius 2 is 2.00 bits per heavy atom. The zero-order chi connectivity index (χ0) is 7.98. The first-order valence-corrected chi connectivity index (χ1v) is 4.26. The summed E-state index contributed by atoms with van der Waals surface area (Å²) in [5, 5.41) is 0. The highest BCUT2D eigenvalue weighted by molar-refractivity contribution is 5.14. The van der Waals surface area contributed by atoms with Crippen LogP contribution in [0.5, 0.6) is 0 Å². The van der Waals surface area contributed by atoms with Crippen LogP contribution in [0.1, 0.15) is 33.6 Å². The molecule has 10 heavy (non-hydrogen) atoms. The number of nitrogens with zero attached hydrogens (tertiary/aromatic N) is 1. The van der Waals surface area contributed by atoms with Gasteiger partial charge in [-0.05, 0) is 6.42 Å². The summed E-state index contributed by atoms with van der Waals surface area (Å²) in [6, 6.07) is 0. The number of hydrogen-bond acceptors (Lipinski definition) is 0. The molecule has 0 aliphatic carbocycles. The van der Waals surface area contributed by atoms with Crippen molar-refractivity contribution in [3.05, 3.63) is 0 Å². The van der Waals surface area contributed by atoms with E-state index in [-0.39, 0.29) is 0 Å². The molecule has 0 rings (SSSR count). The minimum absolute atomic E-state index is 0.795. The maximum Gasteiger partial charge on any atom is 0.144 e. The van der Waals surface area contributed by atoms with E-state index in [1.54, 1.807) is 0 Å². The van der Waals surface area contributed by atoms with Gasteiger partial charge in [-0.2, -0.15) is 0 Å². The van der Waals surface area contributed by atoms with Crippen LogP contribution in [0.4, 0.5) is 0 Å². The van der Waals surface area contributed by atoms with Crippen LogP contribution in [0, 0.1) is 5.92 Å². The van der Waals surface area contributed by atoms with Gasteiger partial charge in [-0.15, -0.1) is 0 Å².